The van der Waals surface area contributed by atoms with Crippen LogP contribution in [0.1, 0.15) is 19.3 Å². The fraction of sp³-hybridized carbons (Fsp3) is 0.625. The summed E-state index contributed by atoms with van der Waals surface area (Å²) in [6, 6.07) is 0. The second-order valence-corrected chi connectivity index (χ2v) is 5.11. The number of amides is 1. The van der Waals surface area contributed by atoms with E-state index in [-0.39, 0.29) is 11.7 Å². The van der Waals surface area contributed by atoms with Crippen molar-refractivity contribution in [2.75, 3.05) is 12.0 Å². The maximum atomic E-state index is 10.6. The Labute approximate surface area is 78.7 Å². The quantitative estimate of drug-likeness (QED) is 0.498. The summed E-state index contributed by atoms with van der Waals surface area (Å²) in [5, 5.41) is 0. The van der Waals surface area contributed by atoms with E-state index in [0.717, 1.165) is 0 Å². The van der Waals surface area contributed by atoms with Crippen molar-refractivity contribution >= 4 is 15.7 Å². The zero-order valence-electron chi connectivity index (χ0n) is 7.69. The van der Waals surface area contributed by atoms with Crippen LogP contribution in [0, 0.1) is 0 Å². The number of carbonyl (C=O) groups excluding carboxylic acids is 1. The molecule has 0 rings (SSSR count). The molecule has 0 atom stereocenters. The Morgan fingerprint density at radius 1 is 1.38 bits per heavy atom. The van der Waals surface area contributed by atoms with Gasteiger partial charge in [0.15, 0.2) is 9.84 Å². The van der Waals surface area contributed by atoms with Crippen LogP contribution < -0.4 is 5.73 Å². The van der Waals surface area contributed by atoms with Crippen LogP contribution >= 0.6 is 0 Å². The number of primary amides is 1. The number of hydrogen-bond acceptors (Lipinski definition) is 3. The maximum Gasteiger partial charge on any atom is 0.217 e. The molecule has 13 heavy (non-hydrogen) atoms. The molecule has 0 unspecified atom stereocenters. The molecule has 1 amide bonds. The Hall–Kier alpha value is -0.840. The van der Waals surface area contributed by atoms with Crippen molar-refractivity contribution < 1.29 is 13.2 Å². The average molecular weight is 205 g/mol. The first-order valence-corrected chi connectivity index (χ1v) is 6.09. The van der Waals surface area contributed by atoms with Crippen molar-refractivity contribution in [3.63, 3.8) is 0 Å². The highest BCUT2D eigenvalue weighted by Crippen LogP contribution is 1.96. The topological polar surface area (TPSA) is 77.2 Å². The molecule has 0 heterocycles. The van der Waals surface area contributed by atoms with Crippen LogP contribution in [0.15, 0.2) is 12.2 Å². The Kier molecular flexibility index (Phi) is 5.37. The number of allylic oxidation sites excluding steroid dienone is 1. The van der Waals surface area contributed by atoms with Crippen LogP contribution in [0.25, 0.3) is 0 Å². The summed E-state index contributed by atoms with van der Waals surface area (Å²) in [6.07, 6.45) is 6.25. The first kappa shape index (κ1) is 12.2. The standard InChI is InChI=1S/C8H15NO3S/c1-13(11,12)7-5-3-2-4-6-8(9)10/h3,5H,2,4,6-7H2,1H3,(H2,9,10). The third-order valence-electron chi connectivity index (χ3n) is 1.36. The lowest BCUT2D eigenvalue weighted by atomic mass is 10.2. The van der Waals surface area contributed by atoms with Crippen molar-refractivity contribution in [2.45, 2.75) is 19.3 Å². The lowest BCUT2D eigenvalue weighted by Crippen LogP contribution is -2.09. The van der Waals surface area contributed by atoms with Crippen molar-refractivity contribution in [3.8, 4) is 0 Å². The minimum atomic E-state index is -2.91. The Balaban J connectivity index is 3.49. The number of nitrogens with two attached hydrogens (primary N) is 1. The third-order valence-corrected chi connectivity index (χ3v) is 2.16. The molecule has 0 aromatic heterocycles. The smallest absolute Gasteiger partial charge is 0.217 e. The van der Waals surface area contributed by atoms with E-state index in [9.17, 15) is 13.2 Å². The first-order valence-electron chi connectivity index (χ1n) is 4.03. The molecule has 0 aromatic rings. The van der Waals surface area contributed by atoms with Crippen molar-refractivity contribution in [1.29, 1.82) is 0 Å². The molecule has 0 saturated carbocycles. The van der Waals surface area contributed by atoms with Gasteiger partial charge in [-0.15, -0.1) is 0 Å². The normalized spacial score (nSPS) is 12.1. The third kappa shape index (κ3) is 11.2. The fourth-order valence-electron chi connectivity index (χ4n) is 0.755. The summed E-state index contributed by atoms with van der Waals surface area (Å²) in [4.78, 5) is 10.3. The molecule has 0 fully saturated rings. The fourth-order valence-corrected chi connectivity index (χ4v) is 1.24. The van der Waals surface area contributed by atoms with Gasteiger partial charge >= 0.3 is 0 Å². The minimum Gasteiger partial charge on any atom is -0.370 e. The van der Waals surface area contributed by atoms with Gasteiger partial charge in [0.1, 0.15) is 0 Å². The molecule has 0 saturated heterocycles. The number of hydrogen-bond donors (Lipinski definition) is 1. The Morgan fingerprint density at radius 2 is 2.00 bits per heavy atom. The SMILES string of the molecule is CS(=O)(=O)CC=CCCCC(N)=O. The zero-order valence-corrected chi connectivity index (χ0v) is 8.51. The molecule has 0 radical (unpaired) electrons. The molecule has 5 heteroatoms. The van der Waals surface area contributed by atoms with Crippen molar-refractivity contribution in [2.24, 2.45) is 5.73 Å². The number of rotatable bonds is 6. The molecule has 0 aliphatic rings. The van der Waals surface area contributed by atoms with E-state index < -0.39 is 9.84 Å². The minimum absolute atomic E-state index is 0.0591. The Bertz CT molecular complexity index is 280. The van der Waals surface area contributed by atoms with Crippen molar-refractivity contribution in [3.05, 3.63) is 12.2 Å². The summed E-state index contributed by atoms with van der Waals surface area (Å²) in [5.41, 5.74) is 4.92. The lowest BCUT2D eigenvalue weighted by molar-refractivity contribution is -0.118. The summed E-state index contributed by atoms with van der Waals surface area (Å²) in [7, 11) is -2.91. The predicted molar refractivity (Wildman–Crippen MR) is 51.9 cm³/mol. The van der Waals surface area contributed by atoms with Gasteiger partial charge in [-0.3, -0.25) is 4.79 Å². The van der Waals surface area contributed by atoms with Gasteiger partial charge in [-0.25, -0.2) is 8.42 Å². The van der Waals surface area contributed by atoms with Crippen LogP contribution in [-0.2, 0) is 14.6 Å². The Morgan fingerprint density at radius 3 is 2.46 bits per heavy atom. The van der Waals surface area contributed by atoms with Crippen LogP contribution in [0.2, 0.25) is 0 Å². The zero-order chi connectivity index (χ0) is 10.3. The largest absolute Gasteiger partial charge is 0.370 e. The molecule has 76 valence electrons. The van der Waals surface area contributed by atoms with Gasteiger partial charge in [0.2, 0.25) is 5.91 Å². The van der Waals surface area contributed by atoms with E-state index in [1.54, 1.807) is 12.2 Å². The number of carbonyl (C=O) groups is 1. The van der Waals surface area contributed by atoms with Crippen LogP contribution in [0.4, 0.5) is 0 Å². The van der Waals surface area contributed by atoms with Gasteiger partial charge in [-0.1, -0.05) is 12.2 Å². The highest BCUT2D eigenvalue weighted by Gasteiger charge is 1.96. The molecule has 0 bridgehead atoms. The first-order chi connectivity index (χ1) is 5.92. The van der Waals surface area contributed by atoms with Crippen LogP contribution in [0.3, 0.4) is 0 Å². The maximum absolute atomic E-state index is 10.6. The monoisotopic (exact) mass is 205 g/mol. The second kappa shape index (κ2) is 5.75. The van der Waals surface area contributed by atoms with E-state index in [2.05, 4.69) is 0 Å². The summed E-state index contributed by atoms with van der Waals surface area (Å²) in [6.45, 7) is 0. The van der Waals surface area contributed by atoms with Crippen molar-refractivity contribution in [1.82, 2.24) is 0 Å². The highest BCUT2D eigenvalue weighted by molar-refractivity contribution is 7.90. The lowest BCUT2D eigenvalue weighted by Gasteiger charge is -1.91. The van der Waals surface area contributed by atoms with Gasteiger partial charge in [0.25, 0.3) is 0 Å². The highest BCUT2D eigenvalue weighted by atomic mass is 32.2. The molecule has 0 spiro atoms. The van der Waals surface area contributed by atoms with Gasteiger partial charge in [0.05, 0.1) is 5.75 Å². The number of unbranched alkanes of at least 4 members (excludes halogenated alkanes) is 1. The van der Waals surface area contributed by atoms with E-state index >= 15 is 0 Å². The van der Waals surface area contributed by atoms with Crippen LogP contribution in [0.5, 0.6) is 0 Å². The predicted octanol–water partition coefficient (Wildman–Crippen LogP) is 0.243. The van der Waals surface area contributed by atoms with Gasteiger partial charge in [-0.05, 0) is 12.8 Å². The molecular weight excluding hydrogens is 190 g/mol. The van der Waals surface area contributed by atoms with Gasteiger partial charge in [0, 0.05) is 12.7 Å². The summed E-state index contributed by atoms with van der Waals surface area (Å²) in [5.74, 6) is -0.264. The molecule has 0 aliphatic heterocycles. The number of sulfone groups is 1. The molecule has 0 aromatic carbocycles. The van der Waals surface area contributed by atoms with Gasteiger partial charge < -0.3 is 5.73 Å². The van der Waals surface area contributed by atoms with E-state index in [1.807, 2.05) is 0 Å². The molecule has 2 N–H and O–H groups in total. The van der Waals surface area contributed by atoms with Gasteiger partial charge in [-0.2, -0.15) is 0 Å². The summed E-state index contributed by atoms with van der Waals surface area (Å²) < 4.78 is 21.3. The van der Waals surface area contributed by atoms with Crippen LogP contribution in [-0.4, -0.2) is 26.3 Å². The molecule has 4 nitrogen and oxygen atoms in total. The van der Waals surface area contributed by atoms with E-state index in [4.69, 9.17) is 5.73 Å². The van der Waals surface area contributed by atoms with E-state index in [0.29, 0.717) is 19.3 Å². The second-order valence-electron chi connectivity index (χ2n) is 2.92. The van der Waals surface area contributed by atoms with E-state index in [1.165, 1.54) is 6.26 Å². The molecule has 0 aliphatic carbocycles. The molecular formula is C8H15NO3S. The summed E-state index contributed by atoms with van der Waals surface area (Å²) >= 11 is 0. The average Bonchev–Trinajstić information content (AvgIpc) is 1.93.